The predicted molar refractivity (Wildman–Crippen MR) is 76.3 cm³/mol. The molecule has 1 aromatic carbocycles. The molecule has 2 atom stereocenters. The number of aryl methyl sites for hydroxylation is 2. The Morgan fingerprint density at radius 2 is 2.05 bits per heavy atom. The van der Waals surface area contributed by atoms with Gasteiger partial charge in [-0.15, -0.1) is 0 Å². The van der Waals surface area contributed by atoms with Crippen LogP contribution < -0.4 is 5.32 Å². The molecule has 0 radical (unpaired) electrons. The summed E-state index contributed by atoms with van der Waals surface area (Å²) in [6.45, 7) is 8.92. The van der Waals surface area contributed by atoms with E-state index in [1.165, 1.54) is 5.56 Å². The van der Waals surface area contributed by atoms with Crippen molar-refractivity contribution in [3.63, 3.8) is 0 Å². The van der Waals surface area contributed by atoms with Crippen molar-refractivity contribution in [3.8, 4) is 0 Å². The van der Waals surface area contributed by atoms with Gasteiger partial charge in [-0.05, 0) is 38.0 Å². The Kier molecular flexibility index (Phi) is 4.22. The van der Waals surface area contributed by atoms with Gasteiger partial charge in [0.05, 0.1) is 6.10 Å². The number of rotatable bonds is 5. The SMILES string of the molecule is COC(C)C(C)NCc1cc(C)c2oc(C)nc2c1. The Balaban J connectivity index is 2.13. The van der Waals surface area contributed by atoms with Crippen LogP contribution in [0.5, 0.6) is 0 Å². The zero-order chi connectivity index (χ0) is 14.0. The van der Waals surface area contributed by atoms with Crippen LogP contribution in [-0.2, 0) is 11.3 Å². The number of hydrogen-bond donors (Lipinski definition) is 1. The third-order valence-corrected chi connectivity index (χ3v) is 3.55. The van der Waals surface area contributed by atoms with Crippen LogP contribution in [0.3, 0.4) is 0 Å². The van der Waals surface area contributed by atoms with Crippen molar-refractivity contribution < 1.29 is 9.15 Å². The monoisotopic (exact) mass is 262 g/mol. The molecule has 0 bridgehead atoms. The van der Waals surface area contributed by atoms with Crippen molar-refractivity contribution in [2.75, 3.05) is 7.11 Å². The number of oxazole rings is 1. The summed E-state index contributed by atoms with van der Waals surface area (Å²) >= 11 is 0. The van der Waals surface area contributed by atoms with Crippen molar-refractivity contribution in [2.24, 2.45) is 0 Å². The highest BCUT2D eigenvalue weighted by molar-refractivity contribution is 5.77. The van der Waals surface area contributed by atoms with Crippen LogP contribution in [0, 0.1) is 13.8 Å². The van der Waals surface area contributed by atoms with E-state index in [1.807, 2.05) is 6.92 Å². The first-order valence-electron chi connectivity index (χ1n) is 6.64. The fourth-order valence-corrected chi connectivity index (χ4v) is 2.14. The molecule has 1 heterocycles. The summed E-state index contributed by atoms with van der Waals surface area (Å²) < 4.78 is 10.9. The van der Waals surface area contributed by atoms with Gasteiger partial charge in [-0.25, -0.2) is 4.98 Å². The van der Waals surface area contributed by atoms with Crippen molar-refractivity contribution in [1.29, 1.82) is 0 Å². The topological polar surface area (TPSA) is 47.3 Å². The first-order chi connectivity index (χ1) is 9.01. The van der Waals surface area contributed by atoms with Gasteiger partial charge in [-0.3, -0.25) is 0 Å². The zero-order valence-electron chi connectivity index (χ0n) is 12.3. The van der Waals surface area contributed by atoms with Gasteiger partial charge in [0.25, 0.3) is 0 Å². The first-order valence-corrected chi connectivity index (χ1v) is 6.64. The van der Waals surface area contributed by atoms with Gasteiger partial charge < -0.3 is 14.5 Å². The van der Waals surface area contributed by atoms with E-state index in [-0.39, 0.29) is 6.10 Å². The van der Waals surface area contributed by atoms with Crippen LogP contribution in [0.4, 0.5) is 0 Å². The van der Waals surface area contributed by atoms with Crippen molar-refractivity contribution in [2.45, 2.75) is 46.4 Å². The van der Waals surface area contributed by atoms with Gasteiger partial charge in [0.2, 0.25) is 0 Å². The summed E-state index contributed by atoms with van der Waals surface area (Å²) in [4.78, 5) is 4.39. The quantitative estimate of drug-likeness (QED) is 0.900. The smallest absolute Gasteiger partial charge is 0.192 e. The van der Waals surface area contributed by atoms with Crippen molar-refractivity contribution in [1.82, 2.24) is 10.3 Å². The van der Waals surface area contributed by atoms with Crippen LogP contribution in [0.15, 0.2) is 16.5 Å². The number of fused-ring (bicyclic) bond motifs is 1. The highest BCUT2D eigenvalue weighted by atomic mass is 16.5. The van der Waals surface area contributed by atoms with E-state index < -0.39 is 0 Å². The van der Waals surface area contributed by atoms with Crippen LogP contribution in [0.1, 0.15) is 30.9 Å². The largest absolute Gasteiger partial charge is 0.441 e. The molecule has 4 nitrogen and oxygen atoms in total. The Labute approximate surface area is 114 Å². The minimum Gasteiger partial charge on any atom is -0.441 e. The second kappa shape index (κ2) is 5.72. The van der Waals surface area contributed by atoms with Gasteiger partial charge in [0.1, 0.15) is 5.52 Å². The molecule has 0 fully saturated rings. The van der Waals surface area contributed by atoms with E-state index in [1.54, 1.807) is 7.11 Å². The van der Waals surface area contributed by atoms with Gasteiger partial charge in [-0.2, -0.15) is 0 Å². The lowest BCUT2D eigenvalue weighted by atomic mass is 10.1. The summed E-state index contributed by atoms with van der Waals surface area (Å²) in [6, 6.07) is 4.53. The number of methoxy groups -OCH3 is 1. The van der Waals surface area contributed by atoms with Crippen LogP contribution in [0.2, 0.25) is 0 Å². The number of benzene rings is 1. The molecular weight excluding hydrogens is 240 g/mol. The summed E-state index contributed by atoms with van der Waals surface area (Å²) in [6.07, 6.45) is 0.194. The summed E-state index contributed by atoms with van der Waals surface area (Å²) in [7, 11) is 1.73. The van der Waals surface area contributed by atoms with E-state index >= 15 is 0 Å². The number of ether oxygens (including phenoxy) is 1. The maximum Gasteiger partial charge on any atom is 0.192 e. The predicted octanol–water partition coefficient (Wildman–Crippen LogP) is 2.96. The van der Waals surface area contributed by atoms with E-state index in [0.29, 0.717) is 11.9 Å². The lowest BCUT2D eigenvalue weighted by Crippen LogP contribution is -2.36. The standard InChI is InChI=1S/C15H22N2O2/c1-9-6-13(8-16-10(2)11(3)18-5)7-14-15(9)19-12(4)17-14/h6-7,10-11,16H,8H2,1-5H3. The Morgan fingerprint density at radius 1 is 1.32 bits per heavy atom. The second-order valence-corrected chi connectivity index (χ2v) is 5.10. The molecule has 0 saturated heterocycles. The van der Waals surface area contributed by atoms with E-state index in [4.69, 9.17) is 9.15 Å². The normalized spacial score (nSPS) is 14.8. The van der Waals surface area contributed by atoms with E-state index in [2.05, 4.69) is 43.2 Å². The van der Waals surface area contributed by atoms with Crippen molar-refractivity contribution in [3.05, 3.63) is 29.2 Å². The zero-order valence-corrected chi connectivity index (χ0v) is 12.3. The Hall–Kier alpha value is -1.39. The minimum absolute atomic E-state index is 0.194. The fourth-order valence-electron chi connectivity index (χ4n) is 2.14. The summed E-state index contributed by atoms with van der Waals surface area (Å²) in [5.74, 6) is 0.713. The molecular formula is C15H22N2O2. The molecule has 4 heteroatoms. The molecule has 2 aromatic rings. The molecule has 1 aromatic heterocycles. The number of nitrogens with one attached hydrogen (secondary N) is 1. The average molecular weight is 262 g/mol. The van der Waals surface area contributed by atoms with E-state index in [9.17, 15) is 0 Å². The molecule has 0 amide bonds. The minimum atomic E-state index is 0.194. The molecule has 0 saturated carbocycles. The first kappa shape index (κ1) is 14.0. The maximum atomic E-state index is 5.58. The lowest BCUT2D eigenvalue weighted by Gasteiger charge is -2.20. The third-order valence-electron chi connectivity index (χ3n) is 3.55. The van der Waals surface area contributed by atoms with E-state index in [0.717, 1.165) is 23.2 Å². The highest BCUT2D eigenvalue weighted by Crippen LogP contribution is 2.21. The molecule has 1 N–H and O–H groups in total. The Morgan fingerprint density at radius 3 is 2.74 bits per heavy atom. The highest BCUT2D eigenvalue weighted by Gasteiger charge is 2.11. The van der Waals surface area contributed by atoms with Gasteiger partial charge in [-0.1, -0.05) is 6.07 Å². The van der Waals surface area contributed by atoms with Gasteiger partial charge in [0, 0.05) is 26.6 Å². The molecule has 0 spiro atoms. The van der Waals surface area contributed by atoms with Gasteiger partial charge in [0.15, 0.2) is 11.5 Å². The number of aromatic nitrogens is 1. The second-order valence-electron chi connectivity index (χ2n) is 5.10. The average Bonchev–Trinajstić information content (AvgIpc) is 2.76. The molecule has 0 aliphatic heterocycles. The fraction of sp³-hybridized carbons (Fsp3) is 0.533. The molecule has 104 valence electrons. The van der Waals surface area contributed by atoms with Crippen molar-refractivity contribution >= 4 is 11.1 Å². The third kappa shape index (κ3) is 3.14. The van der Waals surface area contributed by atoms with Crippen LogP contribution in [0.25, 0.3) is 11.1 Å². The molecule has 2 unspecified atom stereocenters. The van der Waals surface area contributed by atoms with Crippen LogP contribution in [-0.4, -0.2) is 24.2 Å². The number of hydrogen-bond acceptors (Lipinski definition) is 4. The molecule has 0 aliphatic carbocycles. The molecule has 19 heavy (non-hydrogen) atoms. The lowest BCUT2D eigenvalue weighted by molar-refractivity contribution is 0.0882. The van der Waals surface area contributed by atoms with Crippen LogP contribution >= 0.6 is 0 Å². The molecule has 2 rings (SSSR count). The maximum absolute atomic E-state index is 5.58. The summed E-state index contributed by atoms with van der Waals surface area (Å²) in [5, 5.41) is 3.46. The number of nitrogens with zero attached hydrogens (tertiary/aromatic N) is 1. The summed E-state index contributed by atoms with van der Waals surface area (Å²) in [5.41, 5.74) is 4.16. The Bertz CT molecular complexity index is 563. The molecule has 0 aliphatic rings. The van der Waals surface area contributed by atoms with Gasteiger partial charge >= 0.3 is 0 Å².